The molecule has 1 aliphatic rings. The van der Waals surface area contributed by atoms with E-state index in [1.54, 1.807) is 34.8 Å². The summed E-state index contributed by atoms with van der Waals surface area (Å²) in [6.07, 6.45) is 2.18. The highest BCUT2D eigenvalue weighted by Gasteiger charge is 2.28. The molecule has 0 aliphatic carbocycles. The van der Waals surface area contributed by atoms with Gasteiger partial charge in [0.05, 0.1) is 13.2 Å². The number of benzene rings is 1. The molecule has 0 saturated carbocycles. The zero-order chi connectivity index (χ0) is 21.9. The molecule has 0 saturated heterocycles. The molecule has 0 atom stereocenters. The zero-order valence-electron chi connectivity index (χ0n) is 17.7. The minimum atomic E-state index is -0.629. The number of methoxy groups -OCH3 is 1. The summed E-state index contributed by atoms with van der Waals surface area (Å²) in [6, 6.07) is 10.1. The summed E-state index contributed by atoms with van der Waals surface area (Å²) in [7, 11) is 1.70. The molecule has 0 unspecified atom stereocenters. The minimum Gasteiger partial charge on any atom is -0.465 e. The third-order valence-electron chi connectivity index (χ3n) is 3.44. The maximum Gasteiger partial charge on any atom is 0.414 e. The maximum absolute atomic E-state index is 11.8. The molecule has 0 fully saturated rings. The lowest BCUT2D eigenvalue weighted by atomic mass is 10.2. The molecule has 1 aromatic carbocycles. The van der Waals surface area contributed by atoms with Crippen LogP contribution < -0.4 is 0 Å². The normalized spacial score (nSPS) is 13.5. The second kappa shape index (κ2) is 11.9. The van der Waals surface area contributed by atoms with Gasteiger partial charge in [0.15, 0.2) is 0 Å². The van der Waals surface area contributed by atoms with Crippen molar-refractivity contribution in [1.82, 2.24) is 9.80 Å². The first-order valence-corrected chi connectivity index (χ1v) is 9.32. The average Bonchev–Trinajstić information content (AvgIpc) is 2.64. The van der Waals surface area contributed by atoms with Crippen molar-refractivity contribution >= 4 is 18.0 Å². The highest BCUT2D eigenvalue weighted by molar-refractivity contribution is 5.88. The first-order valence-electron chi connectivity index (χ1n) is 9.32. The molecule has 160 valence electrons. The molecule has 8 heteroatoms. The molecule has 0 N–H and O–H groups in total. The van der Waals surface area contributed by atoms with Gasteiger partial charge in [-0.1, -0.05) is 30.3 Å². The lowest BCUT2D eigenvalue weighted by Gasteiger charge is -2.29. The Hall–Kier alpha value is -2.87. The SMILES string of the molecule is CCOC(=O)CN1C=CN(C(=O)OC(C)(C)C)CC1=O.COCc1ccccc1. The molecule has 1 aliphatic heterocycles. The molecule has 2 amide bonds. The van der Waals surface area contributed by atoms with Crippen LogP contribution in [0.4, 0.5) is 4.79 Å². The van der Waals surface area contributed by atoms with Crippen molar-refractivity contribution in [2.75, 3.05) is 26.8 Å². The Morgan fingerprint density at radius 2 is 1.76 bits per heavy atom. The van der Waals surface area contributed by atoms with Crippen LogP contribution in [0.3, 0.4) is 0 Å². The summed E-state index contributed by atoms with van der Waals surface area (Å²) in [5.74, 6) is -0.859. The molecule has 0 aromatic heterocycles. The maximum atomic E-state index is 11.8. The number of ether oxygens (including phenoxy) is 3. The summed E-state index contributed by atoms with van der Waals surface area (Å²) in [6.45, 7) is 7.57. The summed E-state index contributed by atoms with van der Waals surface area (Å²) in [5.41, 5.74) is 0.593. The number of carbonyl (C=O) groups excluding carboxylic acids is 3. The second-order valence-corrected chi connectivity index (χ2v) is 7.15. The van der Waals surface area contributed by atoms with Gasteiger partial charge < -0.3 is 19.1 Å². The van der Waals surface area contributed by atoms with Crippen LogP contribution in [-0.4, -0.2) is 60.2 Å². The average molecular weight is 406 g/mol. The largest absolute Gasteiger partial charge is 0.465 e. The van der Waals surface area contributed by atoms with Gasteiger partial charge in [0.25, 0.3) is 0 Å². The monoisotopic (exact) mass is 406 g/mol. The molecule has 0 spiro atoms. The summed E-state index contributed by atoms with van der Waals surface area (Å²) in [5, 5.41) is 0. The van der Waals surface area contributed by atoms with Crippen LogP contribution in [0.25, 0.3) is 0 Å². The highest BCUT2D eigenvalue weighted by Crippen LogP contribution is 2.13. The summed E-state index contributed by atoms with van der Waals surface area (Å²) < 4.78 is 14.8. The Labute approximate surface area is 172 Å². The van der Waals surface area contributed by atoms with Gasteiger partial charge in [0, 0.05) is 19.5 Å². The summed E-state index contributed by atoms with van der Waals surface area (Å²) in [4.78, 5) is 37.3. The van der Waals surface area contributed by atoms with Crippen LogP contribution in [0.15, 0.2) is 42.7 Å². The van der Waals surface area contributed by atoms with Gasteiger partial charge in [-0.05, 0) is 33.3 Å². The predicted octanol–water partition coefficient (Wildman–Crippen LogP) is 2.93. The van der Waals surface area contributed by atoms with Crippen LogP contribution in [0.5, 0.6) is 0 Å². The van der Waals surface area contributed by atoms with Crippen LogP contribution in [0, 0.1) is 0 Å². The Morgan fingerprint density at radius 1 is 1.10 bits per heavy atom. The highest BCUT2D eigenvalue weighted by atomic mass is 16.6. The molecular formula is C21H30N2O6. The van der Waals surface area contributed by atoms with Gasteiger partial charge >= 0.3 is 12.1 Å². The van der Waals surface area contributed by atoms with E-state index in [1.165, 1.54) is 22.9 Å². The van der Waals surface area contributed by atoms with Crippen LogP contribution in [-0.2, 0) is 30.4 Å². The number of nitrogens with zero attached hydrogens (tertiary/aromatic N) is 2. The third-order valence-corrected chi connectivity index (χ3v) is 3.44. The van der Waals surface area contributed by atoms with Crippen LogP contribution >= 0.6 is 0 Å². The molecule has 29 heavy (non-hydrogen) atoms. The van der Waals surface area contributed by atoms with Crippen molar-refractivity contribution in [2.45, 2.75) is 39.9 Å². The van der Waals surface area contributed by atoms with E-state index in [-0.39, 0.29) is 25.6 Å². The van der Waals surface area contributed by atoms with Gasteiger partial charge in [0.2, 0.25) is 5.91 Å². The second-order valence-electron chi connectivity index (χ2n) is 7.15. The van der Waals surface area contributed by atoms with Crippen molar-refractivity contribution in [1.29, 1.82) is 0 Å². The number of esters is 1. The van der Waals surface area contributed by atoms with Crippen molar-refractivity contribution in [2.24, 2.45) is 0 Å². The molecule has 0 bridgehead atoms. The Balaban J connectivity index is 0.000000387. The summed E-state index contributed by atoms with van der Waals surface area (Å²) >= 11 is 0. The molecule has 1 aromatic rings. The fourth-order valence-corrected chi connectivity index (χ4v) is 2.21. The van der Waals surface area contributed by atoms with E-state index in [4.69, 9.17) is 14.2 Å². The van der Waals surface area contributed by atoms with Gasteiger partial charge in [-0.15, -0.1) is 0 Å². The van der Waals surface area contributed by atoms with E-state index in [0.29, 0.717) is 6.61 Å². The van der Waals surface area contributed by atoms with Crippen molar-refractivity contribution in [3.05, 3.63) is 48.3 Å². The lowest BCUT2D eigenvalue weighted by molar-refractivity contribution is -0.147. The third kappa shape index (κ3) is 9.75. The first-order chi connectivity index (χ1) is 13.7. The Morgan fingerprint density at radius 3 is 2.28 bits per heavy atom. The fourth-order valence-electron chi connectivity index (χ4n) is 2.21. The van der Waals surface area contributed by atoms with E-state index >= 15 is 0 Å². The Kier molecular flexibility index (Phi) is 9.88. The fraction of sp³-hybridized carbons (Fsp3) is 0.476. The number of carbonyl (C=O) groups is 3. The zero-order valence-corrected chi connectivity index (χ0v) is 17.7. The standard InChI is InChI=1S/C13H20N2O5.C8H10O/c1-5-19-11(17)9-14-6-7-15(8-10(14)16)12(18)20-13(2,3)4;1-9-7-8-5-3-2-4-6-8/h6-7H,5,8-9H2,1-4H3;2-6H,7H2,1H3. The van der Waals surface area contributed by atoms with Gasteiger partial charge in [-0.25, -0.2) is 4.79 Å². The number of amides is 2. The number of hydrogen-bond acceptors (Lipinski definition) is 6. The number of rotatable bonds is 5. The minimum absolute atomic E-state index is 0.161. The Bertz CT molecular complexity index is 697. The topological polar surface area (TPSA) is 85.4 Å². The van der Waals surface area contributed by atoms with E-state index in [2.05, 4.69) is 0 Å². The van der Waals surface area contributed by atoms with Crippen molar-refractivity contribution in [3.8, 4) is 0 Å². The van der Waals surface area contributed by atoms with E-state index in [1.807, 2.05) is 30.3 Å². The molecular weight excluding hydrogens is 376 g/mol. The molecule has 2 rings (SSSR count). The molecule has 1 heterocycles. The van der Waals surface area contributed by atoms with E-state index in [9.17, 15) is 14.4 Å². The van der Waals surface area contributed by atoms with E-state index < -0.39 is 17.7 Å². The van der Waals surface area contributed by atoms with Gasteiger partial charge in [-0.3, -0.25) is 14.5 Å². The van der Waals surface area contributed by atoms with Crippen molar-refractivity contribution in [3.63, 3.8) is 0 Å². The predicted molar refractivity (Wildman–Crippen MR) is 108 cm³/mol. The molecule has 8 nitrogen and oxygen atoms in total. The quantitative estimate of drug-likeness (QED) is 0.699. The number of hydrogen-bond donors (Lipinski definition) is 0. The van der Waals surface area contributed by atoms with Crippen LogP contribution in [0.1, 0.15) is 33.3 Å². The van der Waals surface area contributed by atoms with Crippen LogP contribution in [0.2, 0.25) is 0 Å². The van der Waals surface area contributed by atoms with Crippen molar-refractivity contribution < 1.29 is 28.6 Å². The van der Waals surface area contributed by atoms with Gasteiger partial charge in [-0.2, -0.15) is 0 Å². The van der Waals surface area contributed by atoms with Gasteiger partial charge in [0.1, 0.15) is 18.7 Å². The molecule has 0 radical (unpaired) electrons. The lowest BCUT2D eigenvalue weighted by Crippen LogP contribution is -2.45. The van der Waals surface area contributed by atoms with E-state index in [0.717, 1.165) is 4.90 Å². The first kappa shape index (κ1) is 24.2. The smallest absolute Gasteiger partial charge is 0.414 e.